The highest BCUT2D eigenvalue weighted by molar-refractivity contribution is 8.02. The molecule has 3 heteroatoms. The highest BCUT2D eigenvalue weighted by atomic mass is 32.2. The Hall–Kier alpha value is -1.09. The second-order valence-electron chi connectivity index (χ2n) is 4.65. The highest BCUT2D eigenvalue weighted by Gasteiger charge is 2.52. The lowest BCUT2D eigenvalue weighted by atomic mass is 9.91. The molecule has 0 aliphatic heterocycles. The van der Waals surface area contributed by atoms with Crippen LogP contribution in [0.15, 0.2) is 35.2 Å². The minimum absolute atomic E-state index is 0.0372. The Kier molecular flexibility index (Phi) is 3.38. The van der Waals surface area contributed by atoms with Gasteiger partial charge in [-0.3, -0.25) is 9.59 Å². The maximum atomic E-state index is 12.1. The van der Waals surface area contributed by atoms with Gasteiger partial charge >= 0.3 is 0 Å². The average Bonchev–Trinajstić information content (AvgIpc) is 2.59. The van der Waals surface area contributed by atoms with Crippen LogP contribution >= 0.6 is 11.8 Å². The monoisotopic (exact) mass is 248 g/mol. The van der Waals surface area contributed by atoms with Gasteiger partial charge in [-0.2, -0.15) is 0 Å². The summed E-state index contributed by atoms with van der Waals surface area (Å²) in [5.41, 5.74) is 0. The lowest BCUT2D eigenvalue weighted by molar-refractivity contribution is -0.126. The molecule has 17 heavy (non-hydrogen) atoms. The van der Waals surface area contributed by atoms with Crippen LogP contribution in [0.1, 0.15) is 26.7 Å². The third-order valence-electron chi connectivity index (χ3n) is 3.24. The molecule has 0 bridgehead atoms. The van der Waals surface area contributed by atoms with Crippen LogP contribution in [0.25, 0.3) is 0 Å². The number of benzene rings is 1. The van der Waals surface area contributed by atoms with Crippen molar-refractivity contribution in [2.45, 2.75) is 36.3 Å². The van der Waals surface area contributed by atoms with Gasteiger partial charge < -0.3 is 0 Å². The minimum atomic E-state index is -0.846. The Morgan fingerprint density at radius 3 is 2.06 bits per heavy atom. The molecule has 0 amide bonds. The van der Waals surface area contributed by atoms with Crippen molar-refractivity contribution in [3.8, 4) is 0 Å². The van der Waals surface area contributed by atoms with Crippen LogP contribution in [0.4, 0.5) is 0 Å². The zero-order valence-electron chi connectivity index (χ0n) is 10.1. The summed E-state index contributed by atoms with van der Waals surface area (Å²) >= 11 is 1.42. The standard InChI is InChI=1S/C14H16O2S/c1-10(2)14(12(15)8-9-13(14)16)17-11-6-4-3-5-7-11/h3-7,10H,8-9H2,1-2H3. The van der Waals surface area contributed by atoms with E-state index in [2.05, 4.69) is 0 Å². The largest absolute Gasteiger partial charge is 0.298 e. The Labute approximate surface area is 106 Å². The lowest BCUT2D eigenvalue weighted by Crippen LogP contribution is -2.42. The van der Waals surface area contributed by atoms with Gasteiger partial charge in [0.25, 0.3) is 0 Å². The fourth-order valence-electron chi connectivity index (χ4n) is 2.30. The molecule has 1 fully saturated rings. The van der Waals surface area contributed by atoms with Crippen LogP contribution in [0, 0.1) is 5.92 Å². The van der Waals surface area contributed by atoms with Gasteiger partial charge in [0.15, 0.2) is 11.6 Å². The number of hydrogen-bond acceptors (Lipinski definition) is 3. The van der Waals surface area contributed by atoms with Crippen molar-refractivity contribution >= 4 is 23.3 Å². The van der Waals surface area contributed by atoms with Gasteiger partial charge in [0.2, 0.25) is 0 Å². The van der Waals surface area contributed by atoms with Gasteiger partial charge in [-0.25, -0.2) is 0 Å². The fraction of sp³-hybridized carbons (Fsp3) is 0.429. The maximum Gasteiger partial charge on any atom is 0.157 e. The first-order chi connectivity index (χ1) is 8.07. The first-order valence-electron chi connectivity index (χ1n) is 5.88. The topological polar surface area (TPSA) is 34.1 Å². The van der Waals surface area contributed by atoms with Gasteiger partial charge in [0.05, 0.1) is 0 Å². The van der Waals surface area contributed by atoms with Gasteiger partial charge in [-0.05, 0) is 18.1 Å². The summed E-state index contributed by atoms with van der Waals surface area (Å²) in [7, 11) is 0. The molecule has 0 N–H and O–H groups in total. The molecule has 0 saturated heterocycles. The van der Waals surface area contributed by atoms with Gasteiger partial charge in [-0.15, -0.1) is 11.8 Å². The van der Waals surface area contributed by atoms with Crippen LogP contribution in [0.2, 0.25) is 0 Å². The molecule has 2 rings (SSSR count). The summed E-state index contributed by atoms with van der Waals surface area (Å²) < 4.78 is -0.846. The normalized spacial score (nSPS) is 19.0. The van der Waals surface area contributed by atoms with E-state index in [1.807, 2.05) is 44.2 Å². The molecule has 0 aromatic heterocycles. The van der Waals surface area contributed by atoms with Crippen LogP contribution in [0.3, 0.4) is 0 Å². The van der Waals surface area contributed by atoms with Crippen molar-refractivity contribution in [3.63, 3.8) is 0 Å². The predicted octanol–water partition coefficient (Wildman–Crippen LogP) is 3.11. The highest BCUT2D eigenvalue weighted by Crippen LogP contribution is 2.45. The zero-order chi connectivity index (χ0) is 12.5. The van der Waals surface area contributed by atoms with Crippen molar-refractivity contribution in [3.05, 3.63) is 30.3 Å². The Morgan fingerprint density at radius 2 is 1.59 bits per heavy atom. The number of hydrogen-bond donors (Lipinski definition) is 0. The number of carbonyl (C=O) groups excluding carboxylic acids is 2. The van der Waals surface area contributed by atoms with Gasteiger partial charge in [0, 0.05) is 17.7 Å². The first-order valence-corrected chi connectivity index (χ1v) is 6.69. The summed E-state index contributed by atoms with van der Waals surface area (Å²) in [4.78, 5) is 25.2. The van der Waals surface area contributed by atoms with E-state index in [9.17, 15) is 9.59 Å². The summed E-state index contributed by atoms with van der Waals surface area (Å²) in [6, 6.07) is 9.70. The molecule has 1 aliphatic carbocycles. The van der Waals surface area contributed by atoms with E-state index in [-0.39, 0.29) is 17.5 Å². The second-order valence-corrected chi connectivity index (χ2v) is 5.97. The van der Waals surface area contributed by atoms with E-state index in [0.717, 1.165) is 4.90 Å². The molecule has 1 aromatic rings. The van der Waals surface area contributed by atoms with Crippen molar-refractivity contribution < 1.29 is 9.59 Å². The quantitative estimate of drug-likeness (QED) is 0.771. The SMILES string of the molecule is CC(C)C1(Sc2ccccc2)C(=O)CCC1=O. The summed E-state index contributed by atoms with van der Waals surface area (Å²) in [6.07, 6.45) is 0.799. The minimum Gasteiger partial charge on any atom is -0.298 e. The first kappa shape index (κ1) is 12.4. The Bertz CT molecular complexity index is 421. The molecule has 0 heterocycles. The molecule has 1 aliphatic rings. The van der Waals surface area contributed by atoms with Crippen LogP contribution in [0.5, 0.6) is 0 Å². The molecule has 0 radical (unpaired) electrons. The smallest absolute Gasteiger partial charge is 0.157 e. The van der Waals surface area contributed by atoms with E-state index >= 15 is 0 Å². The predicted molar refractivity (Wildman–Crippen MR) is 69.1 cm³/mol. The summed E-state index contributed by atoms with van der Waals surface area (Å²) in [5.74, 6) is 0.216. The lowest BCUT2D eigenvalue weighted by Gasteiger charge is -2.29. The molecule has 0 spiro atoms. The number of rotatable bonds is 3. The van der Waals surface area contributed by atoms with Crippen LogP contribution in [-0.2, 0) is 9.59 Å². The van der Waals surface area contributed by atoms with Crippen LogP contribution in [-0.4, -0.2) is 16.3 Å². The molecule has 90 valence electrons. The average molecular weight is 248 g/mol. The van der Waals surface area contributed by atoms with E-state index in [1.54, 1.807) is 0 Å². The molecule has 1 aromatic carbocycles. The number of carbonyl (C=O) groups is 2. The van der Waals surface area contributed by atoms with E-state index in [0.29, 0.717) is 12.8 Å². The van der Waals surface area contributed by atoms with E-state index in [4.69, 9.17) is 0 Å². The van der Waals surface area contributed by atoms with Gasteiger partial charge in [0.1, 0.15) is 4.75 Å². The van der Waals surface area contributed by atoms with Crippen molar-refractivity contribution in [1.82, 2.24) is 0 Å². The summed E-state index contributed by atoms with van der Waals surface area (Å²) in [5, 5.41) is 0. The van der Waals surface area contributed by atoms with Gasteiger partial charge in [-0.1, -0.05) is 32.0 Å². The molecule has 0 atom stereocenters. The molecule has 0 unspecified atom stereocenters. The van der Waals surface area contributed by atoms with Crippen molar-refractivity contribution in [1.29, 1.82) is 0 Å². The zero-order valence-corrected chi connectivity index (χ0v) is 10.9. The second kappa shape index (κ2) is 4.65. The van der Waals surface area contributed by atoms with E-state index in [1.165, 1.54) is 11.8 Å². The number of thioether (sulfide) groups is 1. The third-order valence-corrected chi connectivity index (χ3v) is 5.00. The number of ketones is 2. The maximum absolute atomic E-state index is 12.1. The number of Topliss-reactive ketones (excluding diaryl/α,β-unsaturated/α-hetero) is 2. The van der Waals surface area contributed by atoms with Crippen molar-refractivity contribution in [2.24, 2.45) is 5.92 Å². The van der Waals surface area contributed by atoms with E-state index < -0.39 is 4.75 Å². The fourth-order valence-corrected chi connectivity index (χ4v) is 3.64. The van der Waals surface area contributed by atoms with Crippen molar-refractivity contribution in [2.75, 3.05) is 0 Å². The molecular formula is C14H16O2S. The third kappa shape index (κ3) is 2.04. The summed E-state index contributed by atoms with van der Waals surface area (Å²) in [6.45, 7) is 3.91. The molecule has 2 nitrogen and oxygen atoms in total. The Balaban J connectivity index is 2.36. The van der Waals surface area contributed by atoms with Crippen LogP contribution < -0.4 is 0 Å². The Morgan fingerprint density at radius 1 is 1.06 bits per heavy atom. The molecular weight excluding hydrogens is 232 g/mol. The molecule has 1 saturated carbocycles.